The van der Waals surface area contributed by atoms with Crippen molar-refractivity contribution in [2.75, 3.05) is 0 Å². The van der Waals surface area contributed by atoms with Crippen molar-refractivity contribution in [2.24, 2.45) is 0 Å². The Balaban J connectivity index is 2.86. The first-order chi connectivity index (χ1) is 5.24. The van der Waals surface area contributed by atoms with Gasteiger partial charge in [-0.1, -0.05) is 6.07 Å². The summed E-state index contributed by atoms with van der Waals surface area (Å²) in [6, 6.07) is 5.03. The van der Waals surface area contributed by atoms with Gasteiger partial charge in [-0.15, -0.1) is 0 Å². The van der Waals surface area contributed by atoms with E-state index in [2.05, 4.69) is 15.9 Å². The van der Waals surface area contributed by atoms with Gasteiger partial charge >= 0.3 is 0 Å². The van der Waals surface area contributed by atoms with E-state index in [0.717, 1.165) is 5.56 Å². The van der Waals surface area contributed by atoms with Crippen LogP contribution in [0.25, 0.3) is 0 Å². The molecule has 4 heteroatoms. The number of hydrogen-bond donors (Lipinski definition) is 3. The fourth-order valence-corrected chi connectivity index (χ4v) is 1.18. The molecule has 1 aromatic rings. The van der Waals surface area contributed by atoms with Gasteiger partial charge in [-0.3, -0.25) is 0 Å². The molecule has 3 nitrogen and oxygen atoms in total. The lowest BCUT2D eigenvalue weighted by molar-refractivity contribution is 0.161. The lowest BCUT2D eigenvalue weighted by Gasteiger charge is -2.00. The standard InChI is InChI=1S/C7H8BrNO2/c8-6-3-5(4-9-11)1-2-7(6)10/h1-3,9-11H,4H2. The number of hydroxylamine groups is 1. The van der Waals surface area contributed by atoms with Crippen LogP contribution in [0.1, 0.15) is 5.56 Å². The third kappa shape index (κ3) is 2.18. The molecule has 0 heterocycles. The van der Waals surface area contributed by atoms with Crippen LogP contribution in [0.3, 0.4) is 0 Å². The van der Waals surface area contributed by atoms with Gasteiger partial charge in [-0.25, -0.2) is 5.48 Å². The molecule has 0 spiro atoms. The van der Waals surface area contributed by atoms with E-state index in [1.54, 1.807) is 18.2 Å². The number of benzene rings is 1. The lowest BCUT2D eigenvalue weighted by Crippen LogP contribution is -2.05. The molecule has 0 fully saturated rings. The van der Waals surface area contributed by atoms with Crippen LogP contribution in [-0.2, 0) is 6.54 Å². The van der Waals surface area contributed by atoms with Gasteiger partial charge < -0.3 is 10.3 Å². The molecule has 0 unspecified atom stereocenters. The molecular weight excluding hydrogens is 210 g/mol. The van der Waals surface area contributed by atoms with Crippen LogP contribution in [0.4, 0.5) is 0 Å². The Labute approximate surface area is 72.8 Å². The first-order valence-corrected chi connectivity index (χ1v) is 3.87. The molecule has 0 saturated heterocycles. The minimum atomic E-state index is 0.201. The zero-order chi connectivity index (χ0) is 8.27. The van der Waals surface area contributed by atoms with Crippen LogP contribution >= 0.6 is 15.9 Å². The van der Waals surface area contributed by atoms with Crippen LogP contribution in [0.5, 0.6) is 5.75 Å². The molecule has 1 aromatic carbocycles. The molecular formula is C7H8BrNO2. The molecule has 0 aliphatic rings. The van der Waals surface area contributed by atoms with Gasteiger partial charge in [0.05, 0.1) is 4.47 Å². The molecule has 3 N–H and O–H groups in total. The highest BCUT2D eigenvalue weighted by molar-refractivity contribution is 9.10. The Morgan fingerprint density at radius 1 is 1.45 bits per heavy atom. The van der Waals surface area contributed by atoms with Gasteiger partial charge in [-0.05, 0) is 33.6 Å². The maximum atomic E-state index is 9.08. The van der Waals surface area contributed by atoms with E-state index in [4.69, 9.17) is 10.3 Å². The summed E-state index contributed by atoms with van der Waals surface area (Å²) in [6.45, 7) is 0.374. The maximum absolute atomic E-state index is 9.08. The zero-order valence-electron chi connectivity index (χ0n) is 5.71. The molecule has 0 saturated carbocycles. The van der Waals surface area contributed by atoms with Crippen molar-refractivity contribution in [2.45, 2.75) is 6.54 Å². The summed E-state index contributed by atoms with van der Waals surface area (Å²) in [7, 11) is 0. The van der Waals surface area contributed by atoms with E-state index >= 15 is 0 Å². The number of aromatic hydroxyl groups is 1. The first-order valence-electron chi connectivity index (χ1n) is 3.08. The second-order valence-corrected chi connectivity index (χ2v) is 2.97. The Morgan fingerprint density at radius 3 is 2.73 bits per heavy atom. The number of nitrogens with one attached hydrogen (secondary N) is 1. The van der Waals surface area contributed by atoms with E-state index in [-0.39, 0.29) is 5.75 Å². The molecule has 11 heavy (non-hydrogen) atoms. The van der Waals surface area contributed by atoms with Crippen molar-refractivity contribution in [1.29, 1.82) is 0 Å². The topological polar surface area (TPSA) is 52.5 Å². The van der Waals surface area contributed by atoms with Crippen LogP contribution in [0.2, 0.25) is 0 Å². The molecule has 0 atom stereocenters. The van der Waals surface area contributed by atoms with Gasteiger partial charge in [0.2, 0.25) is 0 Å². The van der Waals surface area contributed by atoms with Crippen molar-refractivity contribution >= 4 is 15.9 Å². The third-order valence-electron chi connectivity index (χ3n) is 1.30. The van der Waals surface area contributed by atoms with Crippen molar-refractivity contribution in [3.8, 4) is 5.75 Å². The van der Waals surface area contributed by atoms with Gasteiger partial charge in [-0.2, -0.15) is 0 Å². The van der Waals surface area contributed by atoms with Crippen LogP contribution in [-0.4, -0.2) is 10.3 Å². The fourth-order valence-electron chi connectivity index (χ4n) is 0.752. The van der Waals surface area contributed by atoms with Crippen LogP contribution in [0, 0.1) is 0 Å². The zero-order valence-corrected chi connectivity index (χ0v) is 7.30. The highest BCUT2D eigenvalue weighted by atomic mass is 79.9. The molecule has 0 bridgehead atoms. The molecule has 60 valence electrons. The minimum absolute atomic E-state index is 0.201. The second-order valence-electron chi connectivity index (χ2n) is 2.12. The van der Waals surface area contributed by atoms with E-state index in [1.807, 2.05) is 5.48 Å². The fraction of sp³-hybridized carbons (Fsp3) is 0.143. The molecule has 0 aromatic heterocycles. The number of phenolic OH excluding ortho intramolecular Hbond substituents is 1. The first kappa shape index (κ1) is 8.52. The summed E-state index contributed by atoms with van der Waals surface area (Å²) in [5.41, 5.74) is 2.93. The summed E-state index contributed by atoms with van der Waals surface area (Å²) < 4.78 is 0.630. The Bertz CT molecular complexity index is 252. The van der Waals surface area contributed by atoms with Crippen molar-refractivity contribution in [1.82, 2.24) is 5.48 Å². The third-order valence-corrected chi connectivity index (χ3v) is 1.93. The smallest absolute Gasteiger partial charge is 0.129 e. The Morgan fingerprint density at radius 2 is 2.18 bits per heavy atom. The SMILES string of the molecule is ONCc1ccc(O)c(Br)c1. The van der Waals surface area contributed by atoms with E-state index in [0.29, 0.717) is 11.0 Å². The molecule has 1 rings (SSSR count). The Hall–Kier alpha value is -0.580. The monoisotopic (exact) mass is 217 g/mol. The average molecular weight is 218 g/mol. The normalized spacial score (nSPS) is 10.0. The number of halogens is 1. The van der Waals surface area contributed by atoms with Crippen LogP contribution < -0.4 is 5.48 Å². The van der Waals surface area contributed by atoms with Gasteiger partial charge in [0.1, 0.15) is 5.75 Å². The number of hydrogen-bond acceptors (Lipinski definition) is 3. The Kier molecular flexibility index (Phi) is 2.87. The maximum Gasteiger partial charge on any atom is 0.129 e. The van der Waals surface area contributed by atoms with E-state index in [9.17, 15) is 0 Å². The molecule has 0 aliphatic heterocycles. The molecule has 0 radical (unpaired) electrons. The summed E-state index contributed by atoms with van der Waals surface area (Å²) in [5, 5.41) is 17.4. The largest absolute Gasteiger partial charge is 0.507 e. The molecule has 0 aliphatic carbocycles. The van der Waals surface area contributed by atoms with Crippen molar-refractivity contribution in [3.05, 3.63) is 28.2 Å². The molecule has 0 amide bonds. The van der Waals surface area contributed by atoms with E-state index in [1.165, 1.54) is 0 Å². The predicted molar refractivity (Wildman–Crippen MR) is 44.4 cm³/mol. The summed E-state index contributed by atoms with van der Waals surface area (Å²) in [6.07, 6.45) is 0. The van der Waals surface area contributed by atoms with Crippen LogP contribution in [0.15, 0.2) is 22.7 Å². The summed E-state index contributed by atoms with van der Waals surface area (Å²) in [5.74, 6) is 0.201. The quantitative estimate of drug-likeness (QED) is 0.661. The van der Waals surface area contributed by atoms with Gasteiger partial charge in [0.15, 0.2) is 0 Å². The summed E-state index contributed by atoms with van der Waals surface area (Å²) >= 11 is 3.16. The highest BCUT2D eigenvalue weighted by Crippen LogP contribution is 2.23. The van der Waals surface area contributed by atoms with Gasteiger partial charge in [0, 0.05) is 6.54 Å². The van der Waals surface area contributed by atoms with Crippen molar-refractivity contribution in [3.63, 3.8) is 0 Å². The predicted octanol–water partition coefficient (Wildman–Crippen LogP) is 1.63. The highest BCUT2D eigenvalue weighted by Gasteiger charge is 1.97. The lowest BCUT2D eigenvalue weighted by atomic mass is 10.2. The average Bonchev–Trinajstić information content (AvgIpc) is 1.98. The van der Waals surface area contributed by atoms with Gasteiger partial charge in [0.25, 0.3) is 0 Å². The minimum Gasteiger partial charge on any atom is -0.507 e. The number of rotatable bonds is 2. The second kappa shape index (κ2) is 3.71. The van der Waals surface area contributed by atoms with Crippen molar-refractivity contribution < 1.29 is 10.3 Å². The number of phenols is 1. The summed E-state index contributed by atoms with van der Waals surface area (Å²) in [4.78, 5) is 0. The van der Waals surface area contributed by atoms with E-state index < -0.39 is 0 Å².